The molecule has 0 aliphatic heterocycles. The van der Waals surface area contributed by atoms with E-state index < -0.39 is 0 Å². The Hall–Kier alpha value is -2.16. The van der Waals surface area contributed by atoms with Crippen LogP contribution in [0.1, 0.15) is 21.7 Å². The van der Waals surface area contributed by atoms with E-state index in [4.69, 9.17) is 34.2 Å². The van der Waals surface area contributed by atoms with Crippen molar-refractivity contribution in [3.8, 4) is 17.3 Å². The Kier molecular flexibility index (Phi) is 2.45. The fraction of sp³-hybridized carbons (Fsp3) is 0. The number of halogens is 2. The van der Waals surface area contributed by atoms with Gasteiger partial charge >= 0.3 is 0 Å². The van der Waals surface area contributed by atoms with Gasteiger partial charge in [0.15, 0.2) is 11.5 Å². The van der Waals surface area contributed by atoms with Crippen LogP contribution in [0, 0.1) is 11.3 Å². The first-order chi connectivity index (χ1) is 9.02. The molecule has 5 nitrogen and oxygen atoms in total. The molecule has 1 aromatic heterocycles. The number of rotatable bonds is 0. The first-order valence-corrected chi connectivity index (χ1v) is 5.90. The maximum absolute atomic E-state index is 12.2. The molecule has 2 N–H and O–H groups in total. The Labute approximate surface area is 117 Å². The number of nitrogen functional groups attached to an aromatic ring is 1. The molecule has 7 heteroatoms. The molecule has 92 valence electrons. The Balaban J connectivity index is 2.36. The van der Waals surface area contributed by atoms with Crippen molar-refractivity contribution in [3.63, 3.8) is 0 Å². The molecule has 19 heavy (non-hydrogen) atoms. The van der Waals surface area contributed by atoms with Crippen molar-refractivity contribution >= 4 is 34.8 Å². The maximum Gasteiger partial charge on any atom is 0.214 e. The number of nitriles is 1. The maximum atomic E-state index is 12.2. The van der Waals surface area contributed by atoms with E-state index in [-0.39, 0.29) is 28.0 Å². The fourth-order valence-electron chi connectivity index (χ4n) is 1.93. The van der Waals surface area contributed by atoms with E-state index >= 15 is 0 Å². The second-order valence-corrected chi connectivity index (χ2v) is 4.72. The van der Waals surface area contributed by atoms with Crippen molar-refractivity contribution in [1.82, 2.24) is 9.97 Å². The van der Waals surface area contributed by atoms with Gasteiger partial charge in [0, 0.05) is 11.1 Å². The zero-order valence-electron chi connectivity index (χ0n) is 9.24. The smallest absolute Gasteiger partial charge is 0.214 e. The number of nitrogens with zero attached hydrogens (tertiary/aromatic N) is 3. The summed E-state index contributed by atoms with van der Waals surface area (Å²) in [7, 11) is 0. The van der Waals surface area contributed by atoms with Gasteiger partial charge in [-0.3, -0.25) is 4.79 Å². The number of aromatic nitrogens is 2. The third-order valence-electron chi connectivity index (χ3n) is 2.80. The minimum atomic E-state index is -0.340. The summed E-state index contributed by atoms with van der Waals surface area (Å²) in [4.78, 5) is 20.2. The van der Waals surface area contributed by atoms with Crippen LogP contribution in [-0.4, -0.2) is 15.8 Å². The van der Waals surface area contributed by atoms with Gasteiger partial charge in [-0.2, -0.15) is 5.26 Å². The first kappa shape index (κ1) is 11.9. The van der Waals surface area contributed by atoms with Crippen LogP contribution in [0.25, 0.3) is 11.3 Å². The largest absolute Gasteiger partial charge is 0.381 e. The Morgan fingerprint density at radius 2 is 1.74 bits per heavy atom. The van der Waals surface area contributed by atoms with Gasteiger partial charge in [0.1, 0.15) is 17.5 Å². The number of anilines is 1. The number of carbonyl (C=O) groups is 1. The van der Waals surface area contributed by atoms with Crippen LogP contribution in [-0.2, 0) is 0 Å². The van der Waals surface area contributed by atoms with Gasteiger partial charge in [-0.15, -0.1) is 0 Å². The van der Waals surface area contributed by atoms with Crippen LogP contribution in [0.15, 0.2) is 12.1 Å². The predicted molar refractivity (Wildman–Crippen MR) is 70.0 cm³/mol. The molecule has 1 aliphatic rings. The van der Waals surface area contributed by atoms with Gasteiger partial charge in [-0.25, -0.2) is 9.97 Å². The van der Waals surface area contributed by atoms with Crippen molar-refractivity contribution in [2.75, 3.05) is 5.73 Å². The van der Waals surface area contributed by atoms with Crippen molar-refractivity contribution < 1.29 is 4.79 Å². The molecule has 0 saturated carbocycles. The van der Waals surface area contributed by atoms with Crippen molar-refractivity contribution in [3.05, 3.63) is 39.1 Å². The molecular weight excluding hydrogens is 287 g/mol. The average molecular weight is 291 g/mol. The van der Waals surface area contributed by atoms with Gasteiger partial charge in [0.05, 0.1) is 10.0 Å². The van der Waals surface area contributed by atoms with E-state index in [1.54, 1.807) is 12.1 Å². The quantitative estimate of drug-likeness (QED) is 0.686. The van der Waals surface area contributed by atoms with Crippen LogP contribution in [0.2, 0.25) is 10.0 Å². The number of carbonyl (C=O) groups excluding carboxylic acids is 1. The average Bonchev–Trinajstić information content (AvgIpc) is 2.63. The van der Waals surface area contributed by atoms with E-state index in [2.05, 4.69) is 9.97 Å². The monoisotopic (exact) mass is 290 g/mol. The Morgan fingerprint density at radius 3 is 2.37 bits per heavy atom. The molecule has 0 fully saturated rings. The summed E-state index contributed by atoms with van der Waals surface area (Å²) in [6.07, 6.45) is 0. The molecule has 0 bridgehead atoms. The van der Waals surface area contributed by atoms with E-state index in [1.807, 2.05) is 0 Å². The van der Waals surface area contributed by atoms with Crippen molar-refractivity contribution in [2.24, 2.45) is 0 Å². The highest BCUT2D eigenvalue weighted by atomic mass is 35.5. The summed E-state index contributed by atoms with van der Waals surface area (Å²) in [5, 5.41) is 9.44. The molecule has 0 radical (unpaired) electrons. The summed E-state index contributed by atoms with van der Waals surface area (Å²) in [6.45, 7) is 0. The molecular formula is C12H4Cl2N4O. The number of fused-ring (bicyclic) bond motifs is 3. The minimum Gasteiger partial charge on any atom is -0.381 e. The molecule has 2 aromatic rings. The normalized spacial score (nSPS) is 11.9. The van der Waals surface area contributed by atoms with Crippen molar-refractivity contribution in [2.45, 2.75) is 0 Å². The van der Waals surface area contributed by atoms with Crippen LogP contribution in [0.4, 0.5) is 5.82 Å². The molecule has 3 rings (SSSR count). The summed E-state index contributed by atoms with van der Waals surface area (Å²) in [6, 6.07) is 4.80. The van der Waals surface area contributed by atoms with Crippen molar-refractivity contribution in [1.29, 1.82) is 5.26 Å². The third kappa shape index (κ3) is 1.58. The van der Waals surface area contributed by atoms with Crippen LogP contribution < -0.4 is 5.73 Å². The number of ketones is 1. The lowest BCUT2D eigenvalue weighted by molar-refractivity contribution is 0.103. The number of benzene rings is 1. The molecule has 0 amide bonds. The van der Waals surface area contributed by atoms with Crippen LogP contribution in [0.3, 0.4) is 0 Å². The number of nitrogens with two attached hydrogens (primary N) is 1. The Morgan fingerprint density at radius 1 is 1.11 bits per heavy atom. The SMILES string of the molecule is N#Cc1nc2c(nc1N)-c1cc(Cl)c(Cl)cc1C2=O. The van der Waals surface area contributed by atoms with Gasteiger partial charge in [-0.1, -0.05) is 23.2 Å². The lowest BCUT2D eigenvalue weighted by Crippen LogP contribution is -2.05. The lowest BCUT2D eigenvalue weighted by Gasteiger charge is -2.02. The molecule has 1 aliphatic carbocycles. The first-order valence-electron chi connectivity index (χ1n) is 5.14. The molecule has 0 unspecified atom stereocenters. The summed E-state index contributed by atoms with van der Waals surface area (Å²) >= 11 is 11.8. The van der Waals surface area contributed by atoms with E-state index in [9.17, 15) is 4.79 Å². The standard InChI is InChI=1S/C12H4Cl2N4O/c13-6-1-4-5(2-7(6)14)11(19)10-9(4)18-12(16)8(3-15)17-10/h1-2H,(H2,16,18). The summed E-state index contributed by atoms with van der Waals surface area (Å²) in [5.41, 5.74) is 6.85. The summed E-state index contributed by atoms with van der Waals surface area (Å²) < 4.78 is 0. The molecule has 1 heterocycles. The number of hydrogen-bond acceptors (Lipinski definition) is 5. The Bertz CT molecular complexity index is 795. The molecule has 0 spiro atoms. The topological polar surface area (TPSA) is 92.7 Å². The minimum absolute atomic E-state index is 0.0204. The highest BCUT2D eigenvalue weighted by Gasteiger charge is 2.31. The van der Waals surface area contributed by atoms with Gasteiger partial charge in [0.25, 0.3) is 0 Å². The van der Waals surface area contributed by atoms with Crippen LogP contribution >= 0.6 is 23.2 Å². The number of hydrogen-bond donors (Lipinski definition) is 1. The lowest BCUT2D eigenvalue weighted by atomic mass is 10.1. The second kappa shape index (κ2) is 3.92. The molecule has 0 saturated heterocycles. The fourth-order valence-corrected chi connectivity index (χ4v) is 2.26. The zero-order valence-corrected chi connectivity index (χ0v) is 10.7. The van der Waals surface area contributed by atoms with Gasteiger partial charge in [0.2, 0.25) is 5.78 Å². The van der Waals surface area contributed by atoms with Gasteiger partial charge in [-0.05, 0) is 12.1 Å². The van der Waals surface area contributed by atoms with E-state index in [1.165, 1.54) is 6.07 Å². The highest BCUT2D eigenvalue weighted by molar-refractivity contribution is 6.43. The third-order valence-corrected chi connectivity index (χ3v) is 3.53. The van der Waals surface area contributed by atoms with Crippen LogP contribution in [0.5, 0.6) is 0 Å². The zero-order chi connectivity index (χ0) is 13.7. The summed E-state index contributed by atoms with van der Waals surface area (Å²) in [5.74, 6) is -0.361. The van der Waals surface area contributed by atoms with E-state index in [0.29, 0.717) is 21.8 Å². The van der Waals surface area contributed by atoms with E-state index in [0.717, 1.165) is 0 Å². The van der Waals surface area contributed by atoms with Gasteiger partial charge < -0.3 is 5.73 Å². The molecule has 1 aromatic carbocycles. The predicted octanol–water partition coefficient (Wildman–Crippen LogP) is 2.45. The second-order valence-electron chi connectivity index (χ2n) is 3.91. The highest BCUT2D eigenvalue weighted by Crippen LogP contribution is 2.39. The molecule has 0 atom stereocenters.